The maximum absolute atomic E-state index is 9.77. The van der Waals surface area contributed by atoms with Crippen LogP contribution in [0.2, 0.25) is 0 Å². The number of hydrogen-bond donors (Lipinski definition) is 1. The third-order valence-electron chi connectivity index (χ3n) is 3.28. The van der Waals surface area contributed by atoms with E-state index < -0.39 is 12.1 Å². The van der Waals surface area contributed by atoms with E-state index in [0.717, 1.165) is 0 Å². The molecule has 1 N–H and O–H groups in total. The molecule has 3 rings (SSSR count). The SMILES string of the molecule is CC1=N[C@H]2C(O)OC([C@H]3COC(C)(C)O3)[C@H]2O1. The molecule has 0 aliphatic carbocycles. The summed E-state index contributed by atoms with van der Waals surface area (Å²) in [6.07, 6.45) is -1.75. The number of aliphatic hydroxyl groups excluding tert-OH is 1. The van der Waals surface area contributed by atoms with Crippen LogP contribution in [0.25, 0.3) is 0 Å². The summed E-state index contributed by atoms with van der Waals surface area (Å²) in [7, 11) is 0. The van der Waals surface area contributed by atoms with Gasteiger partial charge in [-0.25, -0.2) is 4.99 Å². The van der Waals surface area contributed by atoms with E-state index in [9.17, 15) is 5.11 Å². The predicted molar refractivity (Wildman–Crippen MR) is 57.6 cm³/mol. The van der Waals surface area contributed by atoms with E-state index >= 15 is 0 Å². The van der Waals surface area contributed by atoms with Crippen LogP contribution in [0, 0.1) is 0 Å². The maximum atomic E-state index is 9.77. The Kier molecular flexibility index (Phi) is 2.45. The molecular weight excluding hydrogens is 226 g/mol. The number of aliphatic imine (C=N–C) groups is 1. The molecule has 0 bridgehead atoms. The van der Waals surface area contributed by atoms with Gasteiger partial charge in [0, 0.05) is 6.92 Å². The van der Waals surface area contributed by atoms with E-state index in [0.29, 0.717) is 12.5 Å². The van der Waals surface area contributed by atoms with E-state index in [4.69, 9.17) is 18.9 Å². The number of ether oxygens (including phenoxy) is 4. The van der Waals surface area contributed by atoms with Crippen LogP contribution in [-0.4, -0.2) is 54.0 Å². The smallest absolute Gasteiger partial charge is 0.181 e. The van der Waals surface area contributed by atoms with Gasteiger partial charge in [-0.3, -0.25) is 0 Å². The molecule has 0 amide bonds. The van der Waals surface area contributed by atoms with Crippen molar-refractivity contribution in [3.63, 3.8) is 0 Å². The Bertz CT molecular complexity index is 356. The fourth-order valence-corrected chi connectivity index (χ4v) is 2.56. The summed E-state index contributed by atoms with van der Waals surface area (Å²) in [6.45, 7) is 5.92. The summed E-state index contributed by atoms with van der Waals surface area (Å²) in [6, 6.07) is -0.340. The van der Waals surface area contributed by atoms with Crippen LogP contribution in [0.15, 0.2) is 4.99 Å². The predicted octanol–water partition coefficient (Wildman–Crippen LogP) is 0.0409. The molecule has 2 fully saturated rings. The van der Waals surface area contributed by atoms with E-state index in [1.54, 1.807) is 6.92 Å². The van der Waals surface area contributed by atoms with Gasteiger partial charge in [-0.15, -0.1) is 0 Å². The van der Waals surface area contributed by atoms with E-state index in [-0.39, 0.29) is 24.4 Å². The number of nitrogens with zero attached hydrogens (tertiary/aromatic N) is 1. The van der Waals surface area contributed by atoms with Crippen molar-refractivity contribution in [3.8, 4) is 0 Å². The zero-order chi connectivity index (χ0) is 12.2. The highest BCUT2D eigenvalue weighted by Gasteiger charge is 2.54. The number of rotatable bonds is 1. The topological polar surface area (TPSA) is 69.5 Å². The summed E-state index contributed by atoms with van der Waals surface area (Å²) in [5, 5.41) is 9.77. The number of hydrogen-bond acceptors (Lipinski definition) is 6. The van der Waals surface area contributed by atoms with Crippen molar-refractivity contribution >= 4 is 5.90 Å². The first-order valence-corrected chi connectivity index (χ1v) is 5.83. The third-order valence-corrected chi connectivity index (χ3v) is 3.28. The summed E-state index contributed by atoms with van der Waals surface area (Å²) in [5.41, 5.74) is 0. The monoisotopic (exact) mass is 243 g/mol. The van der Waals surface area contributed by atoms with Gasteiger partial charge in [0.05, 0.1) is 6.61 Å². The molecule has 0 aromatic rings. The molecule has 3 heterocycles. The molecule has 0 saturated carbocycles. The Hall–Kier alpha value is -0.690. The first-order valence-electron chi connectivity index (χ1n) is 5.83. The molecule has 0 aromatic carbocycles. The van der Waals surface area contributed by atoms with Gasteiger partial charge in [-0.05, 0) is 13.8 Å². The van der Waals surface area contributed by atoms with Gasteiger partial charge in [0.1, 0.15) is 18.2 Å². The average Bonchev–Trinajstić information content (AvgIpc) is 2.84. The Morgan fingerprint density at radius 3 is 2.76 bits per heavy atom. The Morgan fingerprint density at radius 2 is 2.12 bits per heavy atom. The molecule has 6 nitrogen and oxygen atoms in total. The van der Waals surface area contributed by atoms with E-state index in [2.05, 4.69) is 4.99 Å². The van der Waals surface area contributed by atoms with Crippen molar-refractivity contribution in [2.45, 2.75) is 57.2 Å². The second kappa shape index (κ2) is 3.65. The van der Waals surface area contributed by atoms with Crippen molar-refractivity contribution in [3.05, 3.63) is 0 Å². The quantitative estimate of drug-likeness (QED) is 0.704. The Balaban J connectivity index is 1.74. The van der Waals surface area contributed by atoms with Crippen LogP contribution in [0.5, 0.6) is 0 Å². The van der Waals surface area contributed by atoms with E-state index in [1.165, 1.54) is 0 Å². The summed E-state index contributed by atoms with van der Waals surface area (Å²) < 4.78 is 22.3. The van der Waals surface area contributed by atoms with E-state index in [1.807, 2.05) is 13.8 Å². The minimum atomic E-state index is -0.922. The minimum Gasteiger partial charge on any atom is -0.473 e. The number of fused-ring (bicyclic) bond motifs is 1. The second-order valence-corrected chi connectivity index (χ2v) is 5.08. The second-order valence-electron chi connectivity index (χ2n) is 5.08. The molecule has 2 saturated heterocycles. The van der Waals surface area contributed by atoms with Gasteiger partial charge in [-0.1, -0.05) is 0 Å². The molecular formula is C11H17NO5. The lowest BCUT2D eigenvalue weighted by Gasteiger charge is -2.23. The lowest BCUT2D eigenvalue weighted by molar-refractivity contribution is -0.175. The van der Waals surface area contributed by atoms with Gasteiger partial charge in [0.15, 0.2) is 24.1 Å². The first kappa shape index (κ1) is 11.4. The van der Waals surface area contributed by atoms with Gasteiger partial charge in [0.25, 0.3) is 0 Å². The van der Waals surface area contributed by atoms with Gasteiger partial charge >= 0.3 is 0 Å². The molecule has 0 radical (unpaired) electrons. The van der Waals surface area contributed by atoms with Crippen LogP contribution in [0.3, 0.4) is 0 Å². The van der Waals surface area contributed by atoms with Crippen molar-refractivity contribution in [2.75, 3.05) is 6.61 Å². The third kappa shape index (κ3) is 1.85. The molecule has 6 heteroatoms. The van der Waals surface area contributed by atoms with Crippen LogP contribution < -0.4 is 0 Å². The molecule has 2 unspecified atom stereocenters. The van der Waals surface area contributed by atoms with Crippen molar-refractivity contribution in [2.24, 2.45) is 4.99 Å². The summed E-state index contributed by atoms with van der Waals surface area (Å²) in [4.78, 5) is 4.21. The fraction of sp³-hybridized carbons (Fsp3) is 0.909. The van der Waals surface area contributed by atoms with Crippen LogP contribution in [-0.2, 0) is 18.9 Å². The van der Waals surface area contributed by atoms with Gasteiger partial charge < -0.3 is 24.1 Å². The molecule has 0 aromatic heterocycles. The Labute approximate surface area is 99.5 Å². The zero-order valence-corrected chi connectivity index (χ0v) is 10.1. The largest absolute Gasteiger partial charge is 0.473 e. The highest BCUT2D eigenvalue weighted by molar-refractivity contribution is 5.75. The van der Waals surface area contributed by atoms with Crippen LogP contribution >= 0.6 is 0 Å². The Morgan fingerprint density at radius 1 is 1.35 bits per heavy atom. The molecule has 3 aliphatic heterocycles. The van der Waals surface area contributed by atoms with Crippen LogP contribution in [0.1, 0.15) is 20.8 Å². The zero-order valence-electron chi connectivity index (χ0n) is 10.1. The van der Waals surface area contributed by atoms with Gasteiger partial charge in [-0.2, -0.15) is 0 Å². The molecule has 5 atom stereocenters. The standard InChI is InChI=1S/C11H17NO5/c1-5-12-7-9(15-5)8(16-10(7)13)6-4-14-11(2,3)17-6/h6-10,13H,4H2,1-3H3/t6-,7-,8?,9+,10?/m1/s1. The molecule has 3 aliphatic rings. The summed E-state index contributed by atoms with van der Waals surface area (Å²) in [5.74, 6) is -0.0171. The molecule has 17 heavy (non-hydrogen) atoms. The van der Waals surface area contributed by atoms with Crippen molar-refractivity contribution < 1.29 is 24.1 Å². The highest BCUT2D eigenvalue weighted by atomic mass is 16.8. The highest BCUT2D eigenvalue weighted by Crippen LogP contribution is 2.36. The minimum absolute atomic E-state index is 0.226. The van der Waals surface area contributed by atoms with Gasteiger partial charge in [0.2, 0.25) is 0 Å². The number of aliphatic hydroxyl groups is 1. The average molecular weight is 243 g/mol. The lowest BCUT2D eigenvalue weighted by atomic mass is 10.1. The summed E-state index contributed by atoms with van der Waals surface area (Å²) >= 11 is 0. The lowest BCUT2D eigenvalue weighted by Crippen LogP contribution is -2.40. The van der Waals surface area contributed by atoms with Crippen LogP contribution in [0.4, 0.5) is 0 Å². The first-order chi connectivity index (χ1) is 7.96. The molecule has 96 valence electrons. The normalized spacial score (nSPS) is 47.8. The molecule has 0 spiro atoms. The van der Waals surface area contributed by atoms with Crippen molar-refractivity contribution in [1.29, 1.82) is 0 Å². The maximum Gasteiger partial charge on any atom is 0.181 e. The fourth-order valence-electron chi connectivity index (χ4n) is 2.56. The van der Waals surface area contributed by atoms with Crippen molar-refractivity contribution in [1.82, 2.24) is 0 Å².